The maximum atomic E-state index is 12.6. The van der Waals surface area contributed by atoms with Crippen molar-refractivity contribution in [3.63, 3.8) is 0 Å². The minimum Gasteiger partial charge on any atom is -0.301 e. The lowest BCUT2D eigenvalue weighted by Crippen LogP contribution is -2.36. The molecule has 0 radical (unpaired) electrons. The molecule has 28 heavy (non-hydrogen) atoms. The highest BCUT2D eigenvalue weighted by atomic mass is 16.7. The van der Waals surface area contributed by atoms with Gasteiger partial charge in [0.25, 0.3) is 5.91 Å². The van der Waals surface area contributed by atoms with E-state index in [2.05, 4.69) is 40.0 Å². The summed E-state index contributed by atoms with van der Waals surface area (Å²) in [7, 11) is 0. The van der Waals surface area contributed by atoms with Crippen LogP contribution in [0.1, 0.15) is 23.3 Å². The number of carbonyl (C=O) groups is 1. The normalized spacial score (nSPS) is 14.5. The second kappa shape index (κ2) is 6.98. The molecule has 0 saturated carbocycles. The number of pyridine rings is 1. The van der Waals surface area contributed by atoms with Gasteiger partial charge in [-0.3, -0.25) is 9.63 Å². The van der Waals surface area contributed by atoms with Crippen LogP contribution in [0, 0.1) is 0 Å². The third-order valence-corrected chi connectivity index (χ3v) is 5.01. The summed E-state index contributed by atoms with van der Waals surface area (Å²) in [5.41, 5.74) is 3.73. The van der Waals surface area contributed by atoms with Crippen molar-refractivity contribution in [2.75, 3.05) is 13.2 Å². The first-order valence-electron chi connectivity index (χ1n) is 9.47. The number of fused-ring (bicyclic) bond motifs is 1. The molecule has 0 spiro atoms. The lowest BCUT2D eigenvalue weighted by Gasteiger charge is -2.24. The number of carbonyl (C=O) groups excluding carboxylic acids is 1. The van der Waals surface area contributed by atoms with Crippen LogP contribution in [-0.2, 0) is 4.84 Å². The fourth-order valence-corrected chi connectivity index (χ4v) is 3.52. The number of nitrogens with zero attached hydrogens (tertiary/aromatic N) is 4. The van der Waals surface area contributed by atoms with E-state index in [1.165, 1.54) is 5.06 Å². The molecule has 4 aromatic rings. The highest BCUT2D eigenvalue weighted by Gasteiger charge is 2.22. The van der Waals surface area contributed by atoms with Gasteiger partial charge in [0, 0.05) is 24.5 Å². The highest BCUT2D eigenvalue weighted by molar-refractivity contribution is 5.91. The smallest absolute Gasteiger partial charge is 0.297 e. The third kappa shape index (κ3) is 2.97. The zero-order valence-electron chi connectivity index (χ0n) is 15.4. The van der Waals surface area contributed by atoms with E-state index in [0.717, 1.165) is 35.3 Å². The molecule has 0 bridgehead atoms. The van der Waals surface area contributed by atoms with Crippen LogP contribution in [0.2, 0.25) is 0 Å². The van der Waals surface area contributed by atoms with E-state index in [1.807, 2.05) is 36.5 Å². The highest BCUT2D eigenvalue weighted by Crippen LogP contribution is 2.23. The van der Waals surface area contributed by atoms with Crippen molar-refractivity contribution in [3.05, 3.63) is 78.8 Å². The molecule has 5 rings (SSSR count). The third-order valence-electron chi connectivity index (χ3n) is 5.01. The van der Waals surface area contributed by atoms with Crippen molar-refractivity contribution in [1.82, 2.24) is 19.2 Å². The van der Waals surface area contributed by atoms with Crippen molar-refractivity contribution in [1.29, 1.82) is 0 Å². The van der Waals surface area contributed by atoms with Gasteiger partial charge < -0.3 is 4.40 Å². The zero-order chi connectivity index (χ0) is 18.9. The first-order valence-corrected chi connectivity index (χ1v) is 9.47. The van der Waals surface area contributed by atoms with Gasteiger partial charge in [-0.15, -0.1) is 0 Å². The van der Waals surface area contributed by atoms with Crippen LogP contribution in [0.15, 0.2) is 73.1 Å². The molecule has 140 valence electrons. The molecule has 1 aromatic carbocycles. The minimum absolute atomic E-state index is 0.190. The number of aromatic nitrogens is 3. The summed E-state index contributed by atoms with van der Waals surface area (Å²) >= 11 is 0. The standard InChI is InChI=1S/C22H20N4O2/c27-22(26-13-4-5-15-28-26)20-12-14-25(23-20)21-11-10-19-9-8-18(16-24(19)21)17-6-2-1-3-7-17/h1-3,6-12,14,16H,4-5,13,15H2. The van der Waals surface area contributed by atoms with Crippen molar-refractivity contribution in [2.45, 2.75) is 12.8 Å². The molecule has 1 aliphatic heterocycles. The van der Waals surface area contributed by atoms with Gasteiger partial charge in [0.05, 0.1) is 6.61 Å². The number of amides is 1. The Bertz CT molecular complexity index is 1120. The molecule has 1 fully saturated rings. The van der Waals surface area contributed by atoms with Gasteiger partial charge in [-0.2, -0.15) is 5.10 Å². The van der Waals surface area contributed by atoms with E-state index in [9.17, 15) is 4.79 Å². The molecule has 1 amide bonds. The number of benzene rings is 1. The Balaban J connectivity index is 1.49. The van der Waals surface area contributed by atoms with E-state index in [1.54, 1.807) is 10.7 Å². The quantitative estimate of drug-likeness (QED) is 0.547. The van der Waals surface area contributed by atoms with Crippen LogP contribution in [0.5, 0.6) is 0 Å². The maximum absolute atomic E-state index is 12.6. The number of hydroxylamine groups is 2. The Hall–Kier alpha value is -3.38. The SMILES string of the molecule is O=C(c1ccn(-c2ccc3ccc(-c4ccccc4)cn23)n1)N1CCCCO1. The summed E-state index contributed by atoms with van der Waals surface area (Å²) in [5, 5.41) is 5.92. The second-order valence-electron chi connectivity index (χ2n) is 6.86. The number of rotatable bonds is 3. The van der Waals surface area contributed by atoms with Gasteiger partial charge in [0.15, 0.2) is 5.69 Å². The van der Waals surface area contributed by atoms with Crippen LogP contribution >= 0.6 is 0 Å². The predicted molar refractivity (Wildman–Crippen MR) is 106 cm³/mol. The molecule has 1 aliphatic rings. The lowest BCUT2D eigenvalue weighted by atomic mass is 10.1. The van der Waals surface area contributed by atoms with Crippen LogP contribution in [-0.4, -0.2) is 38.3 Å². The van der Waals surface area contributed by atoms with Gasteiger partial charge in [-0.1, -0.05) is 36.4 Å². The van der Waals surface area contributed by atoms with Crippen LogP contribution in [0.25, 0.3) is 22.5 Å². The van der Waals surface area contributed by atoms with Gasteiger partial charge in [-0.05, 0) is 48.2 Å². The van der Waals surface area contributed by atoms with Crippen molar-refractivity contribution >= 4 is 11.4 Å². The number of hydrogen-bond acceptors (Lipinski definition) is 3. The molecule has 3 aromatic heterocycles. The molecule has 0 unspecified atom stereocenters. The second-order valence-corrected chi connectivity index (χ2v) is 6.86. The summed E-state index contributed by atoms with van der Waals surface area (Å²) < 4.78 is 3.82. The van der Waals surface area contributed by atoms with E-state index in [-0.39, 0.29) is 5.91 Å². The Morgan fingerprint density at radius 3 is 2.61 bits per heavy atom. The first kappa shape index (κ1) is 16.8. The summed E-state index contributed by atoms with van der Waals surface area (Å²) in [5.74, 6) is 0.690. The zero-order valence-corrected chi connectivity index (χ0v) is 15.4. The van der Waals surface area contributed by atoms with Crippen LogP contribution in [0.3, 0.4) is 0 Å². The van der Waals surface area contributed by atoms with Crippen molar-refractivity contribution < 1.29 is 9.63 Å². The van der Waals surface area contributed by atoms with E-state index >= 15 is 0 Å². The van der Waals surface area contributed by atoms with Crippen LogP contribution in [0.4, 0.5) is 0 Å². The lowest BCUT2D eigenvalue weighted by molar-refractivity contribution is -0.144. The van der Waals surface area contributed by atoms with Crippen molar-refractivity contribution in [3.8, 4) is 16.9 Å². The van der Waals surface area contributed by atoms with E-state index < -0.39 is 0 Å². The Morgan fingerprint density at radius 2 is 1.79 bits per heavy atom. The fraction of sp³-hybridized carbons (Fsp3) is 0.182. The Labute approximate surface area is 162 Å². The molecule has 4 heterocycles. The average molecular weight is 372 g/mol. The van der Waals surface area contributed by atoms with Crippen LogP contribution < -0.4 is 0 Å². The Morgan fingerprint density at radius 1 is 0.929 bits per heavy atom. The summed E-state index contributed by atoms with van der Waals surface area (Å²) in [6, 6.07) is 20.2. The van der Waals surface area contributed by atoms with Gasteiger partial charge in [0.1, 0.15) is 5.82 Å². The molecular weight excluding hydrogens is 352 g/mol. The summed E-state index contributed by atoms with van der Waals surface area (Å²) in [4.78, 5) is 18.1. The predicted octanol–water partition coefficient (Wildman–Crippen LogP) is 3.96. The fourth-order valence-electron chi connectivity index (χ4n) is 3.52. The maximum Gasteiger partial charge on any atom is 0.297 e. The largest absolute Gasteiger partial charge is 0.301 e. The summed E-state index contributed by atoms with van der Waals surface area (Å²) in [6.45, 7) is 1.19. The summed E-state index contributed by atoms with van der Waals surface area (Å²) in [6.07, 6.45) is 5.85. The molecule has 0 aliphatic carbocycles. The van der Waals surface area contributed by atoms with Gasteiger partial charge in [0.2, 0.25) is 0 Å². The molecular formula is C22H20N4O2. The molecule has 0 atom stereocenters. The van der Waals surface area contributed by atoms with Crippen molar-refractivity contribution in [2.24, 2.45) is 0 Å². The minimum atomic E-state index is -0.190. The topological polar surface area (TPSA) is 51.8 Å². The molecule has 1 saturated heterocycles. The first-order chi connectivity index (χ1) is 13.8. The molecule has 0 N–H and O–H groups in total. The average Bonchev–Trinajstić information content (AvgIpc) is 3.41. The van der Waals surface area contributed by atoms with E-state index in [4.69, 9.17) is 4.84 Å². The monoisotopic (exact) mass is 372 g/mol. The Kier molecular flexibility index (Phi) is 4.18. The van der Waals surface area contributed by atoms with Gasteiger partial charge in [-0.25, -0.2) is 9.75 Å². The number of hydrogen-bond donors (Lipinski definition) is 0. The van der Waals surface area contributed by atoms with E-state index in [0.29, 0.717) is 18.8 Å². The molecule has 6 heteroatoms. The van der Waals surface area contributed by atoms with Gasteiger partial charge >= 0.3 is 0 Å². The molecule has 6 nitrogen and oxygen atoms in total.